The van der Waals surface area contributed by atoms with E-state index in [4.69, 9.17) is 9.15 Å². The van der Waals surface area contributed by atoms with E-state index in [-0.39, 0.29) is 5.91 Å². The highest BCUT2D eigenvalue weighted by atomic mass is 16.5. The molecule has 2 saturated heterocycles. The SMILES string of the molecule is CCN1CCC[C@H]1CN(CC1CCN(CCOC)CC1)C(=O)c1ocnc1C. The Labute approximate surface area is 169 Å². The van der Waals surface area contributed by atoms with Crippen LogP contribution < -0.4 is 0 Å². The summed E-state index contributed by atoms with van der Waals surface area (Å²) >= 11 is 0. The average Bonchev–Trinajstić information content (AvgIpc) is 3.34. The van der Waals surface area contributed by atoms with Crippen molar-refractivity contribution in [1.29, 1.82) is 0 Å². The van der Waals surface area contributed by atoms with Gasteiger partial charge in [-0.25, -0.2) is 4.98 Å². The van der Waals surface area contributed by atoms with Crippen molar-refractivity contribution in [3.8, 4) is 0 Å². The number of nitrogens with zero attached hydrogens (tertiary/aromatic N) is 4. The van der Waals surface area contributed by atoms with Gasteiger partial charge in [-0.15, -0.1) is 0 Å². The van der Waals surface area contributed by atoms with Crippen LogP contribution in [0.3, 0.4) is 0 Å². The molecule has 2 aliphatic rings. The molecule has 1 amide bonds. The smallest absolute Gasteiger partial charge is 0.291 e. The number of rotatable bonds is 9. The highest BCUT2D eigenvalue weighted by molar-refractivity contribution is 5.92. The minimum absolute atomic E-state index is 0.000217. The molecule has 28 heavy (non-hydrogen) atoms. The second-order valence-electron chi connectivity index (χ2n) is 8.18. The van der Waals surface area contributed by atoms with E-state index < -0.39 is 0 Å². The van der Waals surface area contributed by atoms with Crippen molar-refractivity contribution in [2.45, 2.75) is 45.6 Å². The number of piperidine rings is 1. The van der Waals surface area contributed by atoms with E-state index in [0.29, 0.717) is 23.4 Å². The molecule has 158 valence electrons. The molecule has 3 heterocycles. The first-order chi connectivity index (χ1) is 13.6. The van der Waals surface area contributed by atoms with E-state index in [9.17, 15) is 4.79 Å². The number of hydrogen-bond acceptors (Lipinski definition) is 6. The van der Waals surface area contributed by atoms with Crippen molar-refractivity contribution < 1.29 is 13.9 Å². The standard InChI is InChI=1S/C21H36N4O3/c1-4-24-9-5-6-19(24)15-25(21(26)20-17(2)22-16-28-20)14-18-7-10-23(11-8-18)12-13-27-3/h16,18-19H,4-15H2,1-3H3/t19-/m0/s1. The van der Waals surface area contributed by atoms with Gasteiger partial charge >= 0.3 is 0 Å². The summed E-state index contributed by atoms with van der Waals surface area (Å²) < 4.78 is 10.6. The van der Waals surface area contributed by atoms with Crippen LogP contribution in [0.4, 0.5) is 0 Å². The van der Waals surface area contributed by atoms with E-state index in [0.717, 1.165) is 65.3 Å². The molecule has 0 N–H and O–H groups in total. The lowest BCUT2D eigenvalue weighted by atomic mass is 9.95. The Kier molecular flexibility index (Phi) is 7.88. The molecule has 0 bridgehead atoms. The Bertz CT molecular complexity index is 613. The number of aryl methyl sites for hydroxylation is 1. The van der Waals surface area contributed by atoms with E-state index in [1.165, 1.54) is 19.2 Å². The van der Waals surface area contributed by atoms with Crippen molar-refractivity contribution in [3.05, 3.63) is 17.8 Å². The predicted octanol–water partition coefficient (Wildman–Crippen LogP) is 2.27. The minimum atomic E-state index is -0.000217. The lowest BCUT2D eigenvalue weighted by molar-refractivity contribution is 0.0587. The van der Waals surface area contributed by atoms with Crippen LogP contribution in [0.25, 0.3) is 0 Å². The topological polar surface area (TPSA) is 62.1 Å². The Balaban J connectivity index is 1.63. The largest absolute Gasteiger partial charge is 0.438 e. The molecule has 2 fully saturated rings. The van der Waals surface area contributed by atoms with Gasteiger partial charge in [-0.1, -0.05) is 6.92 Å². The quantitative estimate of drug-likeness (QED) is 0.642. The van der Waals surface area contributed by atoms with Gasteiger partial charge in [0.15, 0.2) is 6.39 Å². The monoisotopic (exact) mass is 392 g/mol. The zero-order chi connectivity index (χ0) is 19.9. The third kappa shape index (κ3) is 5.33. The number of carbonyl (C=O) groups is 1. The second-order valence-corrected chi connectivity index (χ2v) is 8.18. The van der Waals surface area contributed by atoms with Gasteiger partial charge in [0.1, 0.15) is 0 Å². The fourth-order valence-electron chi connectivity index (χ4n) is 4.59. The van der Waals surface area contributed by atoms with E-state index in [2.05, 4.69) is 21.7 Å². The van der Waals surface area contributed by atoms with Crippen LogP contribution in [0.1, 0.15) is 48.9 Å². The average molecular weight is 393 g/mol. The number of hydrogen-bond donors (Lipinski definition) is 0. The van der Waals surface area contributed by atoms with Crippen LogP contribution in [0, 0.1) is 12.8 Å². The maximum atomic E-state index is 13.2. The number of ether oxygens (including phenoxy) is 1. The molecule has 0 aromatic carbocycles. The molecule has 1 atom stereocenters. The maximum absolute atomic E-state index is 13.2. The molecule has 3 rings (SSSR count). The van der Waals surface area contributed by atoms with E-state index >= 15 is 0 Å². The maximum Gasteiger partial charge on any atom is 0.291 e. The van der Waals surface area contributed by atoms with Gasteiger partial charge < -0.3 is 19.0 Å². The first kappa shape index (κ1) is 21.3. The van der Waals surface area contributed by atoms with Gasteiger partial charge in [-0.2, -0.15) is 0 Å². The third-order valence-electron chi connectivity index (χ3n) is 6.36. The van der Waals surface area contributed by atoms with Crippen LogP contribution in [0.2, 0.25) is 0 Å². The summed E-state index contributed by atoms with van der Waals surface area (Å²) in [7, 11) is 1.75. The minimum Gasteiger partial charge on any atom is -0.438 e. The van der Waals surface area contributed by atoms with E-state index in [1.807, 2.05) is 11.8 Å². The van der Waals surface area contributed by atoms with Crippen molar-refractivity contribution in [2.75, 3.05) is 59.5 Å². The number of methoxy groups -OCH3 is 1. The van der Waals surface area contributed by atoms with Crippen molar-refractivity contribution in [3.63, 3.8) is 0 Å². The van der Waals surface area contributed by atoms with Crippen LogP contribution in [-0.2, 0) is 4.74 Å². The summed E-state index contributed by atoms with van der Waals surface area (Å²) in [6.07, 6.45) is 6.03. The number of oxazole rings is 1. The number of amides is 1. The molecular weight excluding hydrogens is 356 g/mol. The molecule has 0 aliphatic carbocycles. The van der Waals surface area contributed by atoms with Crippen molar-refractivity contribution >= 4 is 5.91 Å². The van der Waals surface area contributed by atoms with Crippen LogP contribution in [0.5, 0.6) is 0 Å². The molecule has 7 heteroatoms. The Morgan fingerprint density at radius 2 is 2.07 bits per heavy atom. The molecule has 0 radical (unpaired) electrons. The fourth-order valence-corrected chi connectivity index (χ4v) is 4.59. The second kappa shape index (κ2) is 10.4. The molecule has 1 aromatic rings. The molecule has 7 nitrogen and oxygen atoms in total. The van der Waals surface area contributed by atoms with Gasteiger partial charge in [0.2, 0.25) is 5.76 Å². The molecular formula is C21H36N4O3. The lowest BCUT2D eigenvalue weighted by Crippen LogP contribution is -2.46. The number of carbonyl (C=O) groups excluding carboxylic acids is 1. The van der Waals surface area contributed by atoms with E-state index in [1.54, 1.807) is 7.11 Å². The van der Waals surface area contributed by atoms with Gasteiger partial charge in [-0.3, -0.25) is 9.69 Å². The Hall–Kier alpha value is -1.44. The van der Waals surface area contributed by atoms with Gasteiger partial charge in [0.05, 0.1) is 12.3 Å². The lowest BCUT2D eigenvalue weighted by Gasteiger charge is -2.36. The van der Waals surface area contributed by atoms with Crippen LogP contribution >= 0.6 is 0 Å². The first-order valence-electron chi connectivity index (χ1n) is 10.8. The van der Waals surface area contributed by atoms with Gasteiger partial charge in [0, 0.05) is 32.8 Å². The molecule has 0 saturated carbocycles. The number of likely N-dealkylation sites (tertiary alicyclic amines) is 2. The van der Waals surface area contributed by atoms with Crippen LogP contribution in [0.15, 0.2) is 10.8 Å². The fraction of sp³-hybridized carbons (Fsp3) is 0.810. The predicted molar refractivity (Wildman–Crippen MR) is 108 cm³/mol. The van der Waals surface area contributed by atoms with Gasteiger partial charge in [-0.05, 0) is 64.7 Å². The highest BCUT2D eigenvalue weighted by Gasteiger charge is 2.31. The summed E-state index contributed by atoms with van der Waals surface area (Å²) in [5.74, 6) is 0.945. The summed E-state index contributed by atoms with van der Waals surface area (Å²) in [5, 5.41) is 0. The molecule has 0 spiro atoms. The van der Waals surface area contributed by atoms with Gasteiger partial charge in [0.25, 0.3) is 5.91 Å². The molecule has 2 aliphatic heterocycles. The number of likely N-dealkylation sites (N-methyl/N-ethyl adjacent to an activating group) is 1. The summed E-state index contributed by atoms with van der Waals surface area (Å²) in [5.41, 5.74) is 0.683. The molecule has 0 unspecified atom stereocenters. The normalized spacial score (nSPS) is 22.0. The van der Waals surface area contributed by atoms with Crippen molar-refractivity contribution in [1.82, 2.24) is 19.7 Å². The first-order valence-corrected chi connectivity index (χ1v) is 10.8. The Morgan fingerprint density at radius 3 is 2.71 bits per heavy atom. The Morgan fingerprint density at radius 1 is 1.29 bits per heavy atom. The summed E-state index contributed by atoms with van der Waals surface area (Å²) in [6.45, 7) is 11.8. The third-order valence-corrected chi connectivity index (χ3v) is 6.36. The highest BCUT2D eigenvalue weighted by Crippen LogP contribution is 2.23. The molecule has 1 aromatic heterocycles. The zero-order valence-corrected chi connectivity index (χ0v) is 17.7. The summed E-state index contributed by atoms with van der Waals surface area (Å²) in [6, 6.07) is 0.457. The van der Waals surface area contributed by atoms with Crippen LogP contribution in [-0.4, -0.2) is 91.2 Å². The van der Waals surface area contributed by atoms with Crippen molar-refractivity contribution in [2.24, 2.45) is 5.92 Å². The summed E-state index contributed by atoms with van der Waals surface area (Å²) in [4.78, 5) is 24.4. The number of aromatic nitrogens is 1. The zero-order valence-electron chi connectivity index (χ0n) is 17.7.